The molecule has 1 N–H and O–H groups in total. The van der Waals surface area contributed by atoms with Crippen molar-refractivity contribution in [1.29, 1.82) is 0 Å². The smallest absolute Gasteiger partial charge is 0.339 e. The van der Waals surface area contributed by atoms with Gasteiger partial charge in [-0.1, -0.05) is 35.3 Å². The Morgan fingerprint density at radius 2 is 1.58 bits per heavy atom. The number of ether oxygens (including phenoxy) is 3. The predicted octanol–water partition coefficient (Wildman–Crippen LogP) is 4.49. The Bertz CT molecular complexity index is 975. The molecule has 1 aromatic rings. The van der Waals surface area contributed by atoms with Crippen LogP contribution < -0.4 is 5.32 Å². The molecule has 1 aliphatic heterocycles. The predicted molar refractivity (Wildman–Crippen MR) is 116 cm³/mol. The van der Waals surface area contributed by atoms with Crippen LogP contribution in [0.25, 0.3) is 0 Å². The van der Waals surface area contributed by atoms with Crippen LogP contribution in [0.4, 0.5) is 0 Å². The first kappa shape index (κ1) is 24.8. The molecule has 1 unspecified atom stereocenters. The summed E-state index contributed by atoms with van der Waals surface area (Å²) in [6, 6.07) is 4.93. The lowest BCUT2D eigenvalue weighted by Crippen LogP contribution is -2.33. The van der Waals surface area contributed by atoms with Crippen molar-refractivity contribution in [2.75, 3.05) is 13.9 Å². The summed E-state index contributed by atoms with van der Waals surface area (Å²) in [7, 11) is 1.24. The summed E-state index contributed by atoms with van der Waals surface area (Å²) < 4.78 is 15.2. The number of carbonyl (C=O) groups excluding carboxylic acids is 3. The Labute approximate surface area is 191 Å². The highest BCUT2D eigenvalue weighted by Gasteiger charge is 2.39. The summed E-state index contributed by atoms with van der Waals surface area (Å²) in [5, 5.41) is 3.47. The van der Waals surface area contributed by atoms with Gasteiger partial charge in [0.2, 0.25) is 6.79 Å². The summed E-state index contributed by atoms with van der Waals surface area (Å²) >= 11 is 12.6. The van der Waals surface area contributed by atoms with E-state index >= 15 is 0 Å². The van der Waals surface area contributed by atoms with Crippen LogP contribution in [0.1, 0.15) is 46.1 Å². The van der Waals surface area contributed by atoms with Gasteiger partial charge in [0.1, 0.15) is 0 Å². The highest BCUT2D eigenvalue weighted by molar-refractivity contribution is 6.42. The van der Waals surface area contributed by atoms with Crippen molar-refractivity contribution in [3.8, 4) is 0 Å². The second-order valence-electron chi connectivity index (χ2n) is 8.00. The zero-order valence-electron chi connectivity index (χ0n) is 18.2. The van der Waals surface area contributed by atoms with Crippen LogP contribution >= 0.6 is 23.2 Å². The lowest BCUT2D eigenvalue weighted by molar-refractivity contribution is -0.171. The van der Waals surface area contributed by atoms with E-state index in [0.717, 1.165) is 0 Å². The number of nitrogens with one attached hydrogen (secondary N) is 1. The number of hydrogen-bond acceptors (Lipinski definition) is 7. The molecule has 168 valence electrons. The van der Waals surface area contributed by atoms with E-state index in [0.29, 0.717) is 17.0 Å². The van der Waals surface area contributed by atoms with Crippen molar-refractivity contribution in [3.63, 3.8) is 0 Å². The maximum absolute atomic E-state index is 13.0. The van der Waals surface area contributed by atoms with Crippen LogP contribution in [-0.2, 0) is 28.6 Å². The Hall–Kier alpha value is -2.51. The van der Waals surface area contributed by atoms with Crippen molar-refractivity contribution in [3.05, 3.63) is 56.3 Å². The molecule has 7 nitrogen and oxygen atoms in total. The summed E-state index contributed by atoms with van der Waals surface area (Å²) in [4.78, 5) is 37.6. The molecule has 0 saturated carbocycles. The lowest BCUT2D eigenvalue weighted by Gasteiger charge is -2.30. The summed E-state index contributed by atoms with van der Waals surface area (Å²) in [5.41, 5.74) is 0.966. The van der Waals surface area contributed by atoms with Crippen LogP contribution in [0.15, 0.2) is 40.7 Å². The van der Waals surface area contributed by atoms with Crippen molar-refractivity contribution in [2.24, 2.45) is 5.41 Å². The number of carbonyl (C=O) groups is 3. The number of esters is 3. The van der Waals surface area contributed by atoms with E-state index < -0.39 is 36.0 Å². The van der Waals surface area contributed by atoms with Crippen LogP contribution in [-0.4, -0.2) is 31.8 Å². The van der Waals surface area contributed by atoms with Crippen molar-refractivity contribution in [1.82, 2.24) is 5.32 Å². The molecule has 0 aliphatic carbocycles. The molecule has 0 spiro atoms. The van der Waals surface area contributed by atoms with Crippen molar-refractivity contribution in [2.45, 2.75) is 40.5 Å². The molecule has 1 atom stereocenters. The first-order chi connectivity index (χ1) is 14.4. The maximum Gasteiger partial charge on any atom is 0.339 e. The van der Waals surface area contributed by atoms with E-state index in [-0.39, 0.29) is 21.2 Å². The van der Waals surface area contributed by atoms with Crippen LogP contribution in [0.2, 0.25) is 10.0 Å². The van der Waals surface area contributed by atoms with E-state index in [4.69, 9.17) is 37.4 Å². The molecule has 0 bridgehead atoms. The van der Waals surface area contributed by atoms with Crippen LogP contribution in [0.5, 0.6) is 0 Å². The van der Waals surface area contributed by atoms with Gasteiger partial charge < -0.3 is 19.5 Å². The van der Waals surface area contributed by atoms with Gasteiger partial charge in [0.25, 0.3) is 0 Å². The SMILES string of the molecule is COC(=O)C1=C(C)NC(C)=C(C(=O)OCOC(=O)C(C)(C)C)C1c1cccc(Cl)c1Cl. The number of halogens is 2. The van der Waals surface area contributed by atoms with Gasteiger partial charge in [-0.25, -0.2) is 9.59 Å². The van der Waals surface area contributed by atoms with Gasteiger partial charge in [-0.05, 0) is 46.2 Å². The number of methoxy groups -OCH3 is 1. The molecule has 9 heteroatoms. The molecule has 0 radical (unpaired) electrons. The highest BCUT2D eigenvalue weighted by Crippen LogP contribution is 2.43. The summed E-state index contributed by atoms with van der Waals surface area (Å²) in [6.45, 7) is 7.83. The minimum absolute atomic E-state index is 0.127. The molecule has 1 aliphatic rings. The van der Waals surface area contributed by atoms with Crippen LogP contribution in [0, 0.1) is 5.41 Å². The third-order valence-electron chi connectivity index (χ3n) is 4.67. The summed E-state index contributed by atoms with van der Waals surface area (Å²) in [6.07, 6.45) is 0. The number of rotatable bonds is 5. The van der Waals surface area contributed by atoms with Crippen molar-refractivity contribution < 1.29 is 28.6 Å². The summed E-state index contributed by atoms with van der Waals surface area (Å²) in [5.74, 6) is -2.83. The molecular weight excluding hydrogens is 445 g/mol. The number of benzene rings is 1. The number of allylic oxidation sites excluding steroid dienone is 2. The Kier molecular flexibility index (Phi) is 7.78. The highest BCUT2D eigenvalue weighted by atomic mass is 35.5. The molecular formula is C22H25Cl2NO6. The maximum atomic E-state index is 13.0. The van der Waals surface area contributed by atoms with Gasteiger partial charge in [-0.2, -0.15) is 0 Å². The van der Waals surface area contributed by atoms with Crippen molar-refractivity contribution >= 4 is 41.1 Å². The molecule has 2 rings (SSSR count). The fourth-order valence-corrected chi connectivity index (χ4v) is 3.55. The minimum atomic E-state index is -0.897. The fourth-order valence-electron chi connectivity index (χ4n) is 3.13. The van der Waals surface area contributed by atoms with E-state index in [1.165, 1.54) is 7.11 Å². The molecule has 0 fully saturated rings. The van der Waals surface area contributed by atoms with E-state index in [1.54, 1.807) is 52.8 Å². The van der Waals surface area contributed by atoms with Gasteiger partial charge in [0.15, 0.2) is 0 Å². The molecule has 1 heterocycles. The minimum Gasteiger partial charge on any atom is -0.466 e. The fraction of sp³-hybridized carbons (Fsp3) is 0.409. The standard InChI is InChI=1S/C22H25Cl2NO6/c1-11-15(19(26)29-6)17(13-8-7-9-14(23)18(13)24)16(12(2)25-11)20(27)30-10-31-21(28)22(3,4)5/h7-9,17,25H,10H2,1-6H3. The average molecular weight is 470 g/mol. The lowest BCUT2D eigenvalue weighted by atomic mass is 9.80. The quantitative estimate of drug-likeness (QED) is 0.501. The van der Waals surface area contributed by atoms with Gasteiger partial charge in [-0.15, -0.1) is 0 Å². The normalized spacial score (nSPS) is 16.6. The largest absolute Gasteiger partial charge is 0.466 e. The Morgan fingerprint density at radius 3 is 2.13 bits per heavy atom. The van der Waals surface area contributed by atoms with Gasteiger partial charge >= 0.3 is 17.9 Å². The molecule has 0 amide bonds. The zero-order chi connectivity index (χ0) is 23.5. The molecule has 0 aromatic heterocycles. The number of dihydropyridines is 1. The topological polar surface area (TPSA) is 90.9 Å². The molecule has 0 saturated heterocycles. The second-order valence-corrected chi connectivity index (χ2v) is 8.79. The van der Waals surface area contributed by atoms with E-state index in [1.807, 2.05) is 0 Å². The second kappa shape index (κ2) is 9.75. The van der Waals surface area contributed by atoms with E-state index in [9.17, 15) is 14.4 Å². The van der Waals surface area contributed by atoms with Gasteiger partial charge in [0, 0.05) is 11.4 Å². The first-order valence-electron chi connectivity index (χ1n) is 9.45. The molecule has 1 aromatic carbocycles. The molecule has 31 heavy (non-hydrogen) atoms. The first-order valence-corrected chi connectivity index (χ1v) is 10.2. The van der Waals surface area contributed by atoms with Crippen LogP contribution in [0.3, 0.4) is 0 Å². The van der Waals surface area contributed by atoms with E-state index in [2.05, 4.69) is 5.32 Å². The average Bonchev–Trinajstić information content (AvgIpc) is 2.68. The monoisotopic (exact) mass is 469 g/mol. The number of hydrogen-bond donors (Lipinski definition) is 1. The zero-order valence-corrected chi connectivity index (χ0v) is 19.7. The third-order valence-corrected chi connectivity index (χ3v) is 5.50. The Morgan fingerprint density at radius 1 is 1.00 bits per heavy atom. The Balaban J connectivity index is 2.46. The van der Waals surface area contributed by atoms with Gasteiger partial charge in [-0.3, -0.25) is 4.79 Å². The van der Waals surface area contributed by atoms with Gasteiger partial charge in [0.05, 0.1) is 39.6 Å². The third kappa shape index (κ3) is 5.40.